The van der Waals surface area contributed by atoms with Crippen LogP contribution in [0.2, 0.25) is 0 Å². The Morgan fingerprint density at radius 1 is 1.35 bits per heavy atom. The molecule has 0 aliphatic heterocycles. The van der Waals surface area contributed by atoms with Crippen LogP contribution in [-0.4, -0.2) is 9.97 Å². The molecule has 1 atom stereocenters. The maximum Gasteiger partial charge on any atom is 0.219 e. The van der Waals surface area contributed by atoms with Crippen LogP contribution in [-0.2, 0) is 0 Å². The Morgan fingerprint density at radius 2 is 2.18 bits per heavy atom. The minimum Gasteiger partial charge on any atom is -0.437 e. The molecule has 0 radical (unpaired) electrons. The van der Waals surface area contributed by atoms with Crippen LogP contribution in [0.15, 0.2) is 41.3 Å². The standard InChI is InChI=1S/C12H12BrN3O/c1-8(14)9-2-3-16-12(4-9)17-11-5-10(13)6-15-7-11/h2-8H,14H2,1H3/t8-/m0/s1. The van der Waals surface area contributed by atoms with E-state index < -0.39 is 0 Å². The Bertz CT molecular complexity index is 517. The quantitative estimate of drug-likeness (QED) is 0.945. The summed E-state index contributed by atoms with van der Waals surface area (Å²) in [4.78, 5) is 8.14. The number of rotatable bonds is 3. The molecule has 0 aromatic carbocycles. The molecule has 0 unspecified atom stereocenters. The minimum atomic E-state index is -0.0408. The van der Waals surface area contributed by atoms with E-state index in [1.165, 1.54) is 0 Å². The third kappa shape index (κ3) is 3.25. The van der Waals surface area contributed by atoms with Crippen molar-refractivity contribution in [3.63, 3.8) is 0 Å². The van der Waals surface area contributed by atoms with Crippen LogP contribution in [0.4, 0.5) is 0 Å². The second-order valence-corrected chi connectivity index (χ2v) is 4.57. The van der Waals surface area contributed by atoms with Crippen molar-refractivity contribution in [3.05, 3.63) is 46.8 Å². The molecule has 0 fully saturated rings. The normalized spacial score (nSPS) is 12.2. The molecule has 88 valence electrons. The molecule has 2 aromatic heterocycles. The van der Waals surface area contributed by atoms with E-state index in [9.17, 15) is 0 Å². The van der Waals surface area contributed by atoms with Crippen LogP contribution in [0.3, 0.4) is 0 Å². The average molecular weight is 294 g/mol. The molecule has 0 bridgehead atoms. The molecule has 5 heteroatoms. The van der Waals surface area contributed by atoms with E-state index in [2.05, 4.69) is 25.9 Å². The van der Waals surface area contributed by atoms with Crippen molar-refractivity contribution < 1.29 is 4.74 Å². The number of nitrogens with two attached hydrogens (primary N) is 1. The topological polar surface area (TPSA) is 61.0 Å². The van der Waals surface area contributed by atoms with Gasteiger partial charge in [0.05, 0.1) is 6.20 Å². The summed E-state index contributed by atoms with van der Waals surface area (Å²) in [5.74, 6) is 1.15. The zero-order chi connectivity index (χ0) is 12.3. The van der Waals surface area contributed by atoms with Crippen molar-refractivity contribution in [2.75, 3.05) is 0 Å². The fourth-order valence-corrected chi connectivity index (χ4v) is 1.68. The molecule has 17 heavy (non-hydrogen) atoms. The SMILES string of the molecule is C[C@H](N)c1ccnc(Oc2cncc(Br)c2)c1. The van der Waals surface area contributed by atoms with Gasteiger partial charge in [0.1, 0.15) is 5.75 Å². The highest BCUT2D eigenvalue weighted by molar-refractivity contribution is 9.10. The second kappa shape index (κ2) is 5.25. The van der Waals surface area contributed by atoms with Gasteiger partial charge in [-0.15, -0.1) is 0 Å². The number of hydrogen-bond donors (Lipinski definition) is 1. The smallest absolute Gasteiger partial charge is 0.219 e. The summed E-state index contributed by atoms with van der Waals surface area (Å²) in [7, 11) is 0. The van der Waals surface area contributed by atoms with E-state index in [-0.39, 0.29) is 6.04 Å². The highest BCUT2D eigenvalue weighted by Gasteiger charge is 2.04. The van der Waals surface area contributed by atoms with Crippen molar-refractivity contribution in [2.45, 2.75) is 13.0 Å². The fraction of sp³-hybridized carbons (Fsp3) is 0.167. The first kappa shape index (κ1) is 12.0. The largest absolute Gasteiger partial charge is 0.437 e. The Balaban J connectivity index is 2.21. The Kier molecular flexibility index (Phi) is 3.71. The van der Waals surface area contributed by atoms with Crippen LogP contribution in [0.1, 0.15) is 18.5 Å². The van der Waals surface area contributed by atoms with Crippen molar-refractivity contribution in [3.8, 4) is 11.6 Å². The summed E-state index contributed by atoms with van der Waals surface area (Å²) in [6.07, 6.45) is 5.00. The molecule has 0 amide bonds. The van der Waals surface area contributed by atoms with Crippen LogP contribution in [0.5, 0.6) is 11.6 Å². The Labute approximate surface area is 108 Å². The second-order valence-electron chi connectivity index (χ2n) is 3.66. The molecule has 0 aliphatic carbocycles. The first-order chi connectivity index (χ1) is 8.15. The van der Waals surface area contributed by atoms with Gasteiger partial charge in [-0.2, -0.15) is 0 Å². The maximum atomic E-state index is 5.80. The van der Waals surface area contributed by atoms with E-state index in [0.717, 1.165) is 10.0 Å². The van der Waals surface area contributed by atoms with E-state index in [0.29, 0.717) is 11.6 Å². The van der Waals surface area contributed by atoms with Gasteiger partial charge in [0, 0.05) is 29.0 Å². The number of pyridine rings is 2. The van der Waals surface area contributed by atoms with Crippen molar-refractivity contribution in [1.82, 2.24) is 9.97 Å². The summed E-state index contributed by atoms with van der Waals surface area (Å²) in [5, 5.41) is 0. The van der Waals surface area contributed by atoms with Crippen molar-refractivity contribution in [2.24, 2.45) is 5.73 Å². The van der Waals surface area contributed by atoms with Gasteiger partial charge >= 0.3 is 0 Å². The van der Waals surface area contributed by atoms with Gasteiger partial charge in [0.15, 0.2) is 0 Å². The number of halogens is 1. The van der Waals surface area contributed by atoms with E-state index in [4.69, 9.17) is 10.5 Å². The predicted molar refractivity (Wildman–Crippen MR) is 68.9 cm³/mol. The highest BCUT2D eigenvalue weighted by Crippen LogP contribution is 2.23. The summed E-state index contributed by atoms with van der Waals surface area (Å²) in [5.41, 5.74) is 6.78. The zero-order valence-electron chi connectivity index (χ0n) is 9.30. The van der Waals surface area contributed by atoms with Gasteiger partial charge in [-0.25, -0.2) is 4.98 Å². The molecule has 2 N–H and O–H groups in total. The summed E-state index contributed by atoms with van der Waals surface area (Å²) >= 11 is 3.33. The number of hydrogen-bond acceptors (Lipinski definition) is 4. The Hall–Kier alpha value is -1.46. The van der Waals surface area contributed by atoms with Crippen LogP contribution in [0.25, 0.3) is 0 Å². The van der Waals surface area contributed by atoms with Crippen molar-refractivity contribution in [1.29, 1.82) is 0 Å². The maximum absolute atomic E-state index is 5.80. The third-order valence-electron chi connectivity index (χ3n) is 2.19. The lowest BCUT2D eigenvalue weighted by Gasteiger charge is -2.08. The minimum absolute atomic E-state index is 0.0408. The summed E-state index contributed by atoms with van der Waals surface area (Å²) in [6, 6.07) is 5.48. The number of ether oxygens (including phenoxy) is 1. The average Bonchev–Trinajstić information content (AvgIpc) is 2.29. The van der Waals surface area contributed by atoms with Gasteiger partial charge in [0.2, 0.25) is 5.88 Å². The highest BCUT2D eigenvalue weighted by atomic mass is 79.9. The Morgan fingerprint density at radius 3 is 2.88 bits per heavy atom. The molecular formula is C12H12BrN3O. The van der Waals surface area contributed by atoms with Crippen LogP contribution >= 0.6 is 15.9 Å². The predicted octanol–water partition coefficient (Wildman–Crippen LogP) is 3.05. The molecular weight excluding hydrogens is 282 g/mol. The first-order valence-corrected chi connectivity index (χ1v) is 5.94. The third-order valence-corrected chi connectivity index (χ3v) is 2.62. The molecule has 0 spiro atoms. The molecule has 4 nitrogen and oxygen atoms in total. The lowest BCUT2D eigenvalue weighted by molar-refractivity contribution is 0.459. The number of nitrogens with zero attached hydrogens (tertiary/aromatic N) is 2. The van der Waals surface area contributed by atoms with Crippen LogP contribution < -0.4 is 10.5 Å². The van der Waals surface area contributed by atoms with Crippen LogP contribution in [0, 0.1) is 0 Å². The summed E-state index contributed by atoms with van der Waals surface area (Å²) < 4.78 is 6.45. The summed E-state index contributed by atoms with van der Waals surface area (Å²) in [6.45, 7) is 1.92. The lowest BCUT2D eigenvalue weighted by Crippen LogP contribution is -2.05. The van der Waals surface area contributed by atoms with E-state index in [1.807, 2.05) is 25.1 Å². The number of aromatic nitrogens is 2. The van der Waals surface area contributed by atoms with Crippen molar-refractivity contribution >= 4 is 15.9 Å². The van der Waals surface area contributed by atoms with Gasteiger partial charge in [-0.05, 0) is 40.5 Å². The molecule has 2 aromatic rings. The van der Waals surface area contributed by atoms with E-state index in [1.54, 1.807) is 18.6 Å². The van der Waals surface area contributed by atoms with Gasteiger partial charge in [-0.3, -0.25) is 4.98 Å². The molecule has 0 saturated carbocycles. The molecule has 2 rings (SSSR count). The molecule has 0 saturated heterocycles. The lowest BCUT2D eigenvalue weighted by atomic mass is 10.1. The first-order valence-electron chi connectivity index (χ1n) is 5.15. The molecule has 2 heterocycles. The van der Waals surface area contributed by atoms with Gasteiger partial charge in [-0.1, -0.05) is 0 Å². The monoisotopic (exact) mass is 293 g/mol. The fourth-order valence-electron chi connectivity index (χ4n) is 1.33. The van der Waals surface area contributed by atoms with Gasteiger partial charge < -0.3 is 10.5 Å². The zero-order valence-corrected chi connectivity index (χ0v) is 10.9. The van der Waals surface area contributed by atoms with Gasteiger partial charge in [0.25, 0.3) is 0 Å². The van der Waals surface area contributed by atoms with E-state index >= 15 is 0 Å². The molecule has 0 aliphatic rings.